The van der Waals surface area contributed by atoms with Crippen molar-refractivity contribution in [1.29, 1.82) is 0 Å². The number of fused-ring (bicyclic) bond motifs is 1. The zero-order chi connectivity index (χ0) is 26.4. The van der Waals surface area contributed by atoms with Gasteiger partial charge in [0, 0.05) is 35.3 Å². The molecule has 3 N–H and O–H groups in total. The number of hydrogen-bond donors (Lipinski definition) is 3. The molecule has 4 rings (SSSR count). The summed E-state index contributed by atoms with van der Waals surface area (Å²) in [4.78, 5) is 43.0. The highest BCUT2D eigenvalue weighted by Crippen LogP contribution is 2.22. The lowest BCUT2D eigenvalue weighted by atomic mass is 10.0. The molecule has 0 spiro atoms. The average Bonchev–Trinajstić information content (AvgIpc) is 3.33. The van der Waals surface area contributed by atoms with Crippen LogP contribution in [0.1, 0.15) is 21.6 Å². The molecule has 3 amide bonds. The SMILES string of the molecule is C=CCOC(=O)N1C[C@H](C(=O)NO)[C@H](NC(=O)c2ccc(OCc3cc(C)nc4ccccc34)cc2)C1. The van der Waals surface area contributed by atoms with Crippen LogP contribution in [0.5, 0.6) is 5.75 Å². The number of carbonyl (C=O) groups excluding carboxylic acids is 3. The lowest BCUT2D eigenvalue weighted by Gasteiger charge is -2.18. The van der Waals surface area contributed by atoms with Gasteiger partial charge in [0.05, 0.1) is 17.5 Å². The fourth-order valence-electron chi connectivity index (χ4n) is 4.30. The van der Waals surface area contributed by atoms with Crippen LogP contribution >= 0.6 is 0 Å². The third-order valence-corrected chi connectivity index (χ3v) is 6.11. The number of likely N-dealkylation sites (tertiary alicyclic amines) is 1. The van der Waals surface area contributed by atoms with E-state index in [-0.39, 0.29) is 19.7 Å². The zero-order valence-corrected chi connectivity index (χ0v) is 20.3. The van der Waals surface area contributed by atoms with Gasteiger partial charge in [-0.1, -0.05) is 30.9 Å². The summed E-state index contributed by atoms with van der Waals surface area (Å²) in [5.74, 6) is -1.38. The van der Waals surface area contributed by atoms with Crippen LogP contribution in [0.4, 0.5) is 4.79 Å². The van der Waals surface area contributed by atoms with E-state index in [0.717, 1.165) is 22.2 Å². The Balaban J connectivity index is 1.39. The first-order chi connectivity index (χ1) is 17.9. The first kappa shape index (κ1) is 25.6. The molecule has 0 bridgehead atoms. The molecule has 37 heavy (non-hydrogen) atoms. The number of carbonyl (C=O) groups is 3. The molecule has 2 heterocycles. The van der Waals surface area contributed by atoms with E-state index < -0.39 is 29.9 Å². The lowest BCUT2D eigenvalue weighted by Crippen LogP contribution is -2.45. The van der Waals surface area contributed by atoms with Crippen molar-refractivity contribution in [3.05, 3.63) is 84.1 Å². The Hall–Kier alpha value is -4.44. The van der Waals surface area contributed by atoms with Crippen LogP contribution in [-0.4, -0.2) is 58.7 Å². The molecule has 0 radical (unpaired) electrons. The largest absolute Gasteiger partial charge is 0.489 e. The first-order valence-corrected chi connectivity index (χ1v) is 11.7. The molecule has 10 nitrogen and oxygen atoms in total. The summed E-state index contributed by atoms with van der Waals surface area (Å²) in [5.41, 5.74) is 4.76. The fourth-order valence-corrected chi connectivity index (χ4v) is 4.30. The smallest absolute Gasteiger partial charge is 0.410 e. The van der Waals surface area contributed by atoms with Crippen LogP contribution in [0.25, 0.3) is 10.9 Å². The molecule has 10 heteroatoms. The summed E-state index contributed by atoms with van der Waals surface area (Å²) in [7, 11) is 0. The van der Waals surface area contributed by atoms with Gasteiger partial charge in [0.15, 0.2) is 0 Å². The van der Waals surface area contributed by atoms with E-state index in [1.54, 1.807) is 29.7 Å². The summed E-state index contributed by atoms with van der Waals surface area (Å²) < 4.78 is 11.0. The zero-order valence-electron chi connectivity index (χ0n) is 20.3. The highest BCUT2D eigenvalue weighted by molar-refractivity contribution is 5.95. The number of pyridine rings is 1. The normalized spacial score (nSPS) is 16.8. The summed E-state index contributed by atoms with van der Waals surface area (Å²) >= 11 is 0. The Labute approximate surface area is 213 Å². The number of benzene rings is 2. The number of aromatic nitrogens is 1. The van der Waals surface area contributed by atoms with E-state index in [4.69, 9.17) is 14.7 Å². The number of aryl methyl sites for hydroxylation is 1. The Morgan fingerprint density at radius 3 is 2.65 bits per heavy atom. The van der Waals surface area contributed by atoms with Gasteiger partial charge in [-0.05, 0) is 43.3 Å². The average molecular weight is 505 g/mol. The Kier molecular flexibility index (Phi) is 7.99. The van der Waals surface area contributed by atoms with Gasteiger partial charge in [0.1, 0.15) is 19.0 Å². The highest BCUT2D eigenvalue weighted by atomic mass is 16.6. The van der Waals surface area contributed by atoms with Crippen molar-refractivity contribution < 1.29 is 29.1 Å². The molecule has 0 saturated carbocycles. The maximum absolute atomic E-state index is 12.9. The topological polar surface area (TPSA) is 130 Å². The van der Waals surface area contributed by atoms with Crippen molar-refractivity contribution in [3.8, 4) is 5.75 Å². The minimum absolute atomic E-state index is 0.0107. The molecular weight excluding hydrogens is 476 g/mol. The van der Waals surface area contributed by atoms with Crippen LogP contribution < -0.4 is 15.5 Å². The number of ether oxygens (including phenoxy) is 2. The van der Waals surface area contributed by atoms with Gasteiger partial charge in [0.25, 0.3) is 5.91 Å². The number of para-hydroxylation sites is 1. The lowest BCUT2D eigenvalue weighted by molar-refractivity contribution is -0.133. The minimum atomic E-state index is -0.841. The highest BCUT2D eigenvalue weighted by Gasteiger charge is 2.41. The Morgan fingerprint density at radius 1 is 1.16 bits per heavy atom. The van der Waals surface area contributed by atoms with Crippen molar-refractivity contribution in [1.82, 2.24) is 20.7 Å². The van der Waals surface area contributed by atoms with E-state index >= 15 is 0 Å². The third kappa shape index (κ3) is 6.04. The predicted octanol–water partition coefficient (Wildman–Crippen LogP) is 2.98. The molecule has 2 aromatic carbocycles. The number of hydroxylamine groups is 1. The number of nitrogens with one attached hydrogen (secondary N) is 2. The molecule has 1 aromatic heterocycles. The van der Waals surface area contributed by atoms with Crippen LogP contribution in [-0.2, 0) is 16.1 Å². The Bertz CT molecular complexity index is 1310. The van der Waals surface area contributed by atoms with E-state index in [1.807, 2.05) is 37.3 Å². The second-order valence-electron chi connectivity index (χ2n) is 8.69. The molecule has 0 aliphatic carbocycles. The molecule has 2 atom stereocenters. The van der Waals surface area contributed by atoms with Gasteiger partial charge < -0.3 is 19.7 Å². The van der Waals surface area contributed by atoms with Crippen LogP contribution in [0.3, 0.4) is 0 Å². The number of rotatable bonds is 8. The first-order valence-electron chi connectivity index (χ1n) is 11.7. The number of hydrogen-bond acceptors (Lipinski definition) is 7. The van der Waals surface area contributed by atoms with Gasteiger partial charge >= 0.3 is 6.09 Å². The molecule has 1 saturated heterocycles. The van der Waals surface area contributed by atoms with Crippen molar-refractivity contribution in [2.75, 3.05) is 19.7 Å². The van der Waals surface area contributed by atoms with Crippen LogP contribution in [0, 0.1) is 12.8 Å². The fraction of sp³-hybridized carbons (Fsp3) is 0.259. The summed E-state index contributed by atoms with van der Waals surface area (Å²) in [5, 5.41) is 12.9. The number of nitrogens with zero attached hydrogens (tertiary/aromatic N) is 2. The van der Waals surface area contributed by atoms with Crippen molar-refractivity contribution >= 4 is 28.8 Å². The minimum Gasteiger partial charge on any atom is -0.489 e. The van der Waals surface area contributed by atoms with Gasteiger partial charge in [0.2, 0.25) is 5.91 Å². The van der Waals surface area contributed by atoms with Gasteiger partial charge in [-0.25, -0.2) is 10.3 Å². The summed E-state index contributed by atoms with van der Waals surface area (Å²) in [6, 6.07) is 15.8. The van der Waals surface area contributed by atoms with E-state index in [2.05, 4.69) is 16.9 Å². The van der Waals surface area contributed by atoms with Gasteiger partial charge in [-0.3, -0.25) is 19.8 Å². The number of amides is 3. The Morgan fingerprint density at radius 2 is 1.92 bits per heavy atom. The third-order valence-electron chi connectivity index (χ3n) is 6.11. The quantitative estimate of drug-likeness (QED) is 0.244. The van der Waals surface area contributed by atoms with E-state index in [9.17, 15) is 14.4 Å². The molecule has 1 fully saturated rings. The second-order valence-corrected chi connectivity index (χ2v) is 8.69. The van der Waals surface area contributed by atoms with Crippen molar-refractivity contribution in [2.45, 2.75) is 19.6 Å². The van der Waals surface area contributed by atoms with Crippen molar-refractivity contribution in [3.63, 3.8) is 0 Å². The standard InChI is InChI=1S/C27H28N4O6/c1-3-12-36-27(34)31-14-22(26(33)30-35)24(15-31)29-25(32)18-8-10-20(11-9-18)37-16-19-13-17(2)28-23-7-5-4-6-21(19)23/h3-11,13,22,24,35H,1,12,14-16H2,2H3,(H,29,32)(H,30,33)/t22-,24+/m0/s1. The van der Waals surface area contributed by atoms with E-state index in [1.165, 1.54) is 11.0 Å². The molecular formula is C27H28N4O6. The van der Waals surface area contributed by atoms with E-state index in [0.29, 0.717) is 17.9 Å². The molecule has 0 unspecified atom stereocenters. The molecule has 1 aliphatic heterocycles. The summed E-state index contributed by atoms with van der Waals surface area (Å²) in [6.45, 7) is 5.84. The predicted molar refractivity (Wildman–Crippen MR) is 135 cm³/mol. The molecule has 3 aromatic rings. The summed E-state index contributed by atoms with van der Waals surface area (Å²) in [6.07, 6.45) is 0.796. The maximum Gasteiger partial charge on any atom is 0.410 e. The van der Waals surface area contributed by atoms with Crippen LogP contribution in [0.2, 0.25) is 0 Å². The van der Waals surface area contributed by atoms with Crippen molar-refractivity contribution in [2.24, 2.45) is 5.92 Å². The second kappa shape index (κ2) is 11.5. The maximum atomic E-state index is 12.9. The van der Waals surface area contributed by atoms with Gasteiger partial charge in [-0.2, -0.15) is 0 Å². The molecule has 1 aliphatic rings. The monoisotopic (exact) mass is 504 g/mol. The van der Waals surface area contributed by atoms with Crippen LogP contribution in [0.15, 0.2) is 67.3 Å². The molecule has 192 valence electrons. The van der Waals surface area contributed by atoms with Gasteiger partial charge in [-0.15, -0.1) is 0 Å².